The second kappa shape index (κ2) is 7.51. The summed E-state index contributed by atoms with van der Waals surface area (Å²) in [5.41, 5.74) is 14.9. The van der Waals surface area contributed by atoms with Crippen molar-refractivity contribution in [3.63, 3.8) is 0 Å². The lowest BCUT2D eigenvalue weighted by atomic mass is 9.74. The first kappa shape index (κ1) is 24.0. The second-order valence-corrected chi connectivity index (χ2v) is 14.8. The number of nitrogens with zero attached hydrogens (tertiary/aromatic N) is 2. The molecule has 2 heteroatoms. The van der Waals surface area contributed by atoms with Gasteiger partial charge in [-0.1, -0.05) is 101 Å². The van der Waals surface area contributed by atoms with E-state index in [0.717, 1.165) is 28.8 Å². The van der Waals surface area contributed by atoms with Gasteiger partial charge in [0, 0.05) is 27.3 Å². The summed E-state index contributed by atoms with van der Waals surface area (Å²) < 4.78 is 0. The Kier molecular flexibility index (Phi) is 4.29. The molecule has 0 radical (unpaired) electrons. The fourth-order valence-electron chi connectivity index (χ4n) is 11.1. The standard InChI is InChI=1S/C37H30N2.C3H8/c1-35-17-7-8-21(18-35)26-22-9-3-5-11-24(22)38-32(29(26)35)19-13-15-20(16-14-19)33-30-27(23-10-4-6-12-25(23)39-33)28-31-34-36(30,2)37(28,31)34;1-3-2/h3-6,9-16,21,28,31,34H,7-8,17-18H2,1-2H3;3H2,1-2H3. The molecule has 11 rings (SSSR count). The topological polar surface area (TPSA) is 25.8 Å². The third-order valence-electron chi connectivity index (χ3n) is 12.6. The Morgan fingerprint density at radius 1 is 0.738 bits per heavy atom. The number of hydrogen-bond donors (Lipinski definition) is 0. The summed E-state index contributed by atoms with van der Waals surface area (Å²) >= 11 is 0. The van der Waals surface area contributed by atoms with E-state index < -0.39 is 0 Å². The zero-order valence-corrected chi connectivity index (χ0v) is 25.2. The van der Waals surface area contributed by atoms with E-state index in [-0.39, 0.29) is 5.41 Å². The van der Waals surface area contributed by atoms with Crippen molar-refractivity contribution in [2.75, 3.05) is 0 Å². The summed E-state index contributed by atoms with van der Waals surface area (Å²) in [4.78, 5) is 10.7. The number of fused-ring (bicyclic) bond motifs is 15. The minimum absolute atomic E-state index is 0.239. The monoisotopic (exact) mass is 546 g/mol. The molecule has 208 valence electrons. The molecule has 2 aromatic heterocycles. The highest BCUT2D eigenvalue weighted by atomic mass is 15.1. The van der Waals surface area contributed by atoms with Crippen molar-refractivity contribution >= 4 is 21.8 Å². The van der Waals surface area contributed by atoms with E-state index in [0.29, 0.717) is 16.7 Å². The minimum atomic E-state index is 0.239. The summed E-state index contributed by atoms with van der Waals surface area (Å²) in [7, 11) is 0. The van der Waals surface area contributed by atoms with Gasteiger partial charge in [-0.05, 0) is 88.2 Å². The maximum atomic E-state index is 5.36. The van der Waals surface area contributed by atoms with Gasteiger partial charge in [0.2, 0.25) is 0 Å². The first-order valence-corrected chi connectivity index (χ1v) is 16.5. The van der Waals surface area contributed by atoms with E-state index >= 15 is 0 Å². The summed E-state index contributed by atoms with van der Waals surface area (Å²) in [6.45, 7) is 9.29. The molecular weight excluding hydrogens is 508 g/mol. The quantitative estimate of drug-likeness (QED) is 0.220. The molecule has 0 N–H and O–H groups in total. The van der Waals surface area contributed by atoms with Gasteiger partial charge in [-0.25, -0.2) is 9.97 Å². The van der Waals surface area contributed by atoms with Crippen molar-refractivity contribution in [1.29, 1.82) is 0 Å². The van der Waals surface area contributed by atoms with Gasteiger partial charge in [-0.2, -0.15) is 0 Å². The number of para-hydroxylation sites is 2. The Labute approximate surface area is 248 Å². The second-order valence-electron chi connectivity index (χ2n) is 14.8. The summed E-state index contributed by atoms with van der Waals surface area (Å²) in [5.74, 6) is 3.40. The zero-order valence-electron chi connectivity index (χ0n) is 25.2. The van der Waals surface area contributed by atoms with Crippen molar-refractivity contribution in [2.24, 2.45) is 17.3 Å². The molecule has 4 fully saturated rings. The van der Waals surface area contributed by atoms with Gasteiger partial charge >= 0.3 is 0 Å². The Morgan fingerprint density at radius 3 is 1.95 bits per heavy atom. The Morgan fingerprint density at radius 2 is 1.31 bits per heavy atom. The SMILES string of the molecule is CC12CCCC(C1)c1c2c(-c2ccc(-c3nc4ccccc4c4c3C3(C)C5C6C4C653)cc2)nc2ccccc12.CCC. The van der Waals surface area contributed by atoms with Crippen LogP contribution in [0.2, 0.25) is 0 Å². The minimum Gasteiger partial charge on any atom is -0.247 e. The van der Waals surface area contributed by atoms with Gasteiger partial charge in [-0.3, -0.25) is 0 Å². The molecular formula is C40H38N2. The molecule has 2 nitrogen and oxygen atoms in total. The maximum Gasteiger partial charge on any atom is 0.0750 e. The average Bonchev–Trinajstić information content (AvgIpc) is 3.93. The first-order valence-electron chi connectivity index (χ1n) is 16.5. The molecule has 2 bridgehead atoms. The number of benzene rings is 3. The molecule has 7 atom stereocenters. The fourth-order valence-corrected chi connectivity index (χ4v) is 11.1. The van der Waals surface area contributed by atoms with E-state index in [1.165, 1.54) is 71.0 Å². The average molecular weight is 547 g/mol. The van der Waals surface area contributed by atoms with Crippen LogP contribution in [0, 0.1) is 17.3 Å². The highest BCUT2D eigenvalue weighted by Crippen LogP contribution is 3.14. The van der Waals surface area contributed by atoms with Crippen LogP contribution in [0.25, 0.3) is 44.3 Å². The van der Waals surface area contributed by atoms with Gasteiger partial charge < -0.3 is 0 Å². The van der Waals surface area contributed by atoms with E-state index in [1.54, 1.807) is 16.7 Å². The predicted molar refractivity (Wildman–Crippen MR) is 172 cm³/mol. The molecule has 42 heavy (non-hydrogen) atoms. The molecule has 2 heterocycles. The van der Waals surface area contributed by atoms with Crippen LogP contribution in [0.4, 0.5) is 0 Å². The van der Waals surface area contributed by atoms with Crippen LogP contribution in [0.3, 0.4) is 0 Å². The largest absolute Gasteiger partial charge is 0.247 e. The molecule has 5 aromatic rings. The first-order chi connectivity index (χ1) is 20.5. The number of hydrogen-bond acceptors (Lipinski definition) is 2. The van der Waals surface area contributed by atoms with Crippen LogP contribution in [0.15, 0.2) is 72.8 Å². The van der Waals surface area contributed by atoms with Crippen molar-refractivity contribution in [2.45, 2.75) is 82.5 Å². The molecule has 6 aliphatic rings. The van der Waals surface area contributed by atoms with Crippen LogP contribution in [0.1, 0.15) is 93.9 Å². The third kappa shape index (κ3) is 2.50. The lowest BCUT2D eigenvalue weighted by Gasteiger charge is -2.30. The Hall–Kier alpha value is -3.52. The highest BCUT2D eigenvalue weighted by molar-refractivity contribution is 5.96. The molecule has 0 amide bonds. The molecule has 1 spiro atoms. The molecule has 0 aliphatic heterocycles. The summed E-state index contributed by atoms with van der Waals surface area (Å²) in [6.07, 6.45) is 6.44. The summed E-state index contributed by atoms with van der Waals surface area (Å²) in [6, 6.07) is 27.1. The van der Waals surface area contributed by atoms with Crippen LogP contribution in [-0.2, 0) is 10.8 Å². The van der Waals surface area contributed by atoms with E-state index in [1.807, 2.05) is 0 Å². The fraction of sp³-hybridized carbons (Fsp3) is 0.400. The smallest absolute Gasteiger partial charge is 0.0750 e. The normalized spacial score (nSPS) is 34.7. The van der Waals surface area contributed by atoms with Crippen LogP contribution < -0.4 is 0 Å². The number of aromatic nitrogens is 2. The zero-order chi connectivity index (χ0) is 28.2. The number of rotatable bonds is 2. The van der Waals surface area contributed by atoms with E-state index in [9.17, 15) is 0 Å². The maximum absolute atomic E-state index is 5.36. The van der Waals surface area contributed by atoms with Gasteiger partial charge in [0.15, 0.2) is 0 Å². The van der Waals surface area contributed by atoms with Crippen LogP contribution in [0.5, 0.6) is 0 Å². The van der Waals surface area contributed by atoms with Crippen molar-refractivity contribution in [3.05, 3.63) is 95.1 Å². The molecule has 4 saturated carbocycles. The predicted octanol–water partition coefficient (Wildman–Crippen LogP) is 10.1. The van der Waals surface area contributed by atoms with Crippen molar-refractivity contribution < 1.29 is 0 Å². The molecule has 3 aromatic carbocycles. The van der Waals surface area contributed by atoms with Crippen molar-refractivity contribution in [3.8, 4) is 22.5 Å². The third-order valence-corrected chi connectivity index (χ3v) is 12.6. The van der Waals surface area contributed by atoms with Crippen LogP contribution in [-0.4, -0.2) is 9.97 Å². The lowest BCUT2D eigenvalue weighted by Crippen LogP contribution is -2.22. The van der Waals surface area contributed by atoms with Gasteiger partial charge in [0.05, 0.1) is 22.4 Å². The molecule has 7 unspecified atom stereocenters. The Bertz CT molecular complexity index is 2010. The van der Waals surface area contributed by atoms with E-state index in [4.69, 9.17) is 9.97 Å². The van der Waals surface area contributed by atoms with Crippen molar-refractivity contribution in [1.82, 2.24) is 9.97 Å². The van der Waals surface area contributed by atoms with Crippen LogP contribution >= 0.6 is 0 Å². The highest BCUT2D eigenvalue weighted by Gasteiger charge is 3.11. The number of pyridine rings is 2. The molecule has 0 saturated heterocycles. The van der Waals surface area contributed by atoms with Gasteiger partial charge in [-0.15, -0.1) is 0 Å². The lowest BCUT2D eigenvalue weighted by molar-refractivity contribution is 0.326. The Balaban J connectivity index is 0.000000760. The van der Waals surface area contributed by atoms with Gasteiger partial charge in [0.25, 0.3) is 0 Å². The summed E-state index contributed by atoms with van der Waals surface area (Å²) in [5, 5.41) is 2.79. The van der Waals surface area contributed by atoms with E-state index in [2.05, 4.69) is 100 Å². The van der Waals surface area contributed by atoms with Gasteiger partial charge in [0.1, 0.15) is 0 Å². The molecule has 6 aliphatic carbocycles.